The van der Waals surface area contributed by atoms with E-state index < -0.39 is 0 Å². The van der Waals surface area contributed by atoms with Crippen molar-refractivity contribution in [1.82, 2.24) is 24.7 Å². The fourth-order valence-electron chi connectivity index (χ4n) is 3.61. The van der Waals surface area contributed by atoms with E-state index in [2.05, 4.69) is 47.0 Å². The number of nitrogens with two attached hydrogens (primary N) is 1. The number of piperazine rings is 1. The fourth-order valence-corrected chi connectivity index (χ4v) is 3.87. The molecule has 0 amide bonds. The van der Waals surface area contributed by atoms with Gasteiger partial charge < -0.3 is 15.6 Å². The van der Waals surface area contributed by atoms with Crippen LogP contribution in [0.5, 0.6) is 0 Å². The molecule has 2 N–H and O–H groups in total. The van der Waals surface area contributed by atoms with Gasteiger partial charge in [-0.05, 0) is 37.6 Å². The van der Waals surface area contributed by atoms with Gasteiger partial charge >= 0.3 is 0 Å². The van der Waals surface area contributed by atoms with Gasteiger partial charge in [0.15, 0.2) is 0 Å². The smallest absolute Gasteiger partial charge is 0.0756 e. The number of fused-ring (bicyclic) bond motifs is 1. The molecule has 3 heterocycles. The molecule has 0 unspecified atom stereocenters. The lowest BCUT2D eigenvalue weighted by molar-refractivity contribution is 0.182. The van der Waals surface area contributed by atoms with Gasteiger partial charge in [0.1, 0.15) is 0 Å². The highest BCUT2D eigenvalue weighted by Crippen LogP contribution is 2.28. The van der Waals surface area contributed by atoms with Crippen molar-refractivity contribution in [2.24, 2.45) is 0 Å². The zero-order valence-electron chi connectivity index (χ0n) is 19.1. The molecular formula is C25H33ClN6. The molecule has 0 saturated carbocycles. The standard InChI is InChI=1S/C14H11ClN4.C11H22N2/c1-2-9-3-4-11-12(15)6-13(18-14(11)5-9)10-7-17-19(16)8-10;1-4-5-6-11(2)13-9-7-12(3)8-10-13/h2-8H,1,16H2;2,4-10H2,1,3H3. The van der Waals surface area contributed by atoms with Crippen LogP contribution in [0.2, 0.25) is 5.02 Å². The Morgan fingerprint density at radius 3 is 2.59 bits per heavy atom. The first-order valence-electron chi connectivity index (χ1n) is 11.1. The van der Waals surface area contributed by atoms with Crippen LogP contribution in [0.3, 0.4) is 0 Å². The molecule has 1 aliphatic rings. The van der Waals surface area contributed by atoms with Crippen LogP contribution in [-0.2, 0) is 0 Å². The number of unbranched alkanes of at least 4 members (excludes halogenated alkanes) is 1. The highest BCUT2D eigenvalue weighted by molar-refractivity contribution is 6.35. The van der Waals surface area contributed by atoms with Gasteiger partial charge in [0.05, 0.1) is 28.6 Å². The number of nitrogens with zero attached hydrogens (tertiary/aromatic N) is 5. The molecule has 7 heteroatoms. The van der Waals surface area contributed by atoms with Crippen molar-refractivity contribution in [3.8, 4) is 11.3 Å². The Balaban J connectivity index is 0.000000195. The predicted octanol–water partition coefficient (Wildman–Crippen LogP) is 5.05. The first-order valence-corrected chi connectivity index (χ1v) is 11.4. The van der Waals surface area contributed by atoms with Gasteiger partial charge in [-0.2, -0.15) is 9.89 Å². The van der Waals surface area contributed by atoms with Crippen molar-refractivity contribution in [2.75, 3.05) is 39.1 Å². The van der Waals surface area contributed by atoms with E-state index in [1.54, 1.807) is 18.5 Å². The summed E-state index contributed by atoms with van der Waals surface area (Å²) < 4.78 is 0. The van der Waals surface area contributed by atoms with Crippen LogP contribution < -0.4 is 5.84 Å². The topological polar surface area (TPSA) is 63.2 Å². The molecule has 0 atom stereocenters. The van der Waals surface area contributed by atoms with Gasteiger partial charge in [0.2, 0.25) is 0 Å². The largest absolute Gasteiger partial charge is 0.373 e. The van der Waals surface area contributed by atoms with E-state index in [-0.39, 0.29) is 0 Å². The number of nitrogen functional groups attached to an aromatic ring is 1. The molecular weight excluding hydrogens is 420 g/mol. The summed E-state index contributed by atoms with van der Waals surface area (Å²) in [5.41, 5.74) is 4.74. The Morgan fingerprint density at radius 2 is 1.97 bits per heavy atom. The molecule has 1 aromatic carbocycles. The average molecular weight is 453 g/mol. The second kappa shape index (κ2) is 11.2. The second-order valence-electron chi connectivity index (χ2n) is 8.14. The van der Waals surface area contributed by atoms with Crippen LogP contribution >= 0.6 is 11.6 Å². The molecule has 170 valence electrons. The molecule has 0 aliphatic carbocycles. The molecule has 1 saturated heterocycles. The predicted molar refractivity (Wildman–Crippen MR) is 136 cm³/mol. The summed E-state index contributed by atoms with van der Waals surface area (Å²) in [6, 6.07) is 7.66. The molecule has 2 aromatic heterocycles. The van der Waals surface area contributed by atoms with Gasteiger partial charge in [0.25, 0.3) is 0 Å². The Kier molecular flexibility index (Phi) is 8.31. The summed E-state index contributed by atoms with van der Waals surface area (Å²) in [6.45, 7) is 14.8. The third kappa shape index (κ3) is 6.11. The molecule has 1 aliphatic heterocycles. The zero-order valence-corrected chi connectivity index (χ0v) is 19.9. The zero-order chi connectivity index (χ0) is 23.1. The number of rotatable bonds is 6. The third-order valence-corrected chi connectivity index (χ3v) is 6.00. The maximum Gasteiger partial charge on any atom is 0.0756 e. The van der Waals surface area contributed by atoms with Crippen molar-refractivity contribution in [1.29, 1.82) is 0 Å². The second-order valence-corrected chi connectivity index (χ2v) is 8.55. The molecule has 0 bridgehead atoms. The number of aromatic nitrogens is 3. The highest BCUT2D eigenvalue weighted by Gasteiger charge is 2.14. The number of likely N-dealkylation sites (N-methyl/N-ethyl adjacent to an activating group) is 1. The Labute approximate surface area is 195 Å². The lowest BCUT2D eigenvalue weighted by Crippen LogP contribution is -2.43. The lowest BCUT2D eigenvalue weighted by Gasteiger charge is -2.35. The number of hydrogen-bond donors (Lipinski definition) is 1. The van der Waals surface area contributed by atoms with E-state index in [1.807, 2.05) is 24.3 Å². The van der Waals surface area contributed by atoms with Crippen LogP contribution in [0.4, 0.5) is 0 Å². The van der Waals surface area contributed by atoms with Crippen LogP contribution in [-0.4, -0.2) is 57.9 Å². The first-order chi connectivity index (χ1) is 15.4. The van der Waals surface area contributed by atoms with E-state index in [9.17, 15) is 0 Å². The van der Waals surface area contributed by atoms with E-state index in [0.717, 1.165) is 27.7 Å². The van der Waals surface area contributed by atoms with Gasteiger partial charge in [-0.25, -0.2) is 4.98 Å². The van der Waals surface area contributed by atoms with Gasteiger partial charge in [-0.15, -0.1) is 0 Å². The summed E-state index contributed by atoms with van der Waals surface area (Å²) in [7, 11) is 2.19. The van der Waals surface area contributed by atoms with Crippen molar-refractivity contribution >= 4 is 28.6 Å². The van der Waals surface area contributed by atoms with Gasteiger partial charge in [-0.1, -0.05) is 56.3 Å². The Morgan fingerprint density at radius 1 is 1.22 bits per heavy atom. The maximum atomic E-state index is 6.29. The minimum atomic E-state index is 0.653. The van der Waals surface area contributed by atoms with Crippen LogP contribution in [0.15, 0.2) is 55.5 Å². The normalized spacial score (nSPS) is 14.2. The summed E-state index contributed by atoms with van der Waals surface area (Å²) in [5, 5.41) is 5.50. The minimum Gasteiger partial charge on any atom is -0.373 e. The van der Waals surface area contributed by atoms with Crippen molar-refractivity contribution in [2.45, 2.75) is 26.2 Å². The average Bonchev–Trinajstić information content (AvgIpc) is 3.24. The van der Waals surface area contributed by atoms with Crippen molar-refractivity contribution < 1.29 is 0 Å². The number of allylic oxidation sites excluding steroid dienone is 1. The molecule has 3 aromatic rings. The molecule has 32 heavy (non-hydrogen) atoms. The third-order valence-electron chi connectivity index (χ3n) is 5.69. The fraction of sp³-hybridized carbons (Fsp3) is 0.360. The SMILES string of the molecule is C=C(CCCC)N1CCN(C)CC1.C=Cc1ccc2c(Cl)cc(-c3cnn(N)c3)nc2c1. The molecule has 6 nitrogen and oxygen atoms in total. The summed E-state index contributed by atoms with van der Waals surface area (Å²) in [5.74, 6) is 5.54. The number of pyridine rings is 1. The summed E-state index contributed by atoms with van der Waals surface area (Å²) in [4.78, 5) is 10.7. The molecule has 4 rings (SSSR count). The lowest BCUT2D eigenvalue weighted by atomic mass is 10.1. The number of hydrogen-bond acceptors (Lipinski definition) is 5. The van der Waals surface area contributed by atoms with Crippen molar-refractivity contribution in [3.05, 3.63) is 66.1 Å². The van der Waals surface area contributed by atoms with Crippen molar-refractivity contribution in [3.63, 3.8) is 0 Å². The monoisotopic (exact) mass is 452 g/mol. The van der Waals surface area contributed by atoms with Gasteiger partial charge in [0, 0.05) is 42.8 Å². The van der Waals surface area contributed by atoms with E-state index in [1.165, 1.54) is 55.9 Å². The Bertz CT molecular complexity index is 1070. The Hall–Kier alpha value is -2.83. The van der Waals surface area contributed by atoms with Crippen LogP contribution in [0, 0.1) is 0 Å². The summed E-state index contributed by atoms with van der Waals surface area (Å²) in [6.07, 6.45) is 8.86. The van der Waals surface area contributed by atoms with Crippen LogP contribution in [0.1, 0.15) is 31.7 Å². The van der Waals surface area contributed by atoms with Crippen LogP contribution in [0.25, 0.3) is 28.2 Å². The molecule has 0 spiro atoms. The molecule has 0 radical (unpaired) electrons. The van der Waals surface area contributed by atoms with E-state index in [0.29, 0.717) is 5.02 Å². The highest BCUT2D eigenvalue weighted by atomic mass is 35.5. The minimum absolute atomic E-state index is 0.653. The van der Waals surface area contributed by atoms with Gasteiger partial charge in [-0.3, -0.25) is 0 Å². The summed E-state index contributed by atoms with van der Waals surface area (Å²) >= 11 is 6.29. The first kappa shape index (κ1) is 23.8. The van der Waals surface area contributed by atoms with E-state index in [4.69, 9.17) is 17.4 Å². The van der Waals surface area contributed by atoms with E-state index >= 15 is 0 Å². The maximum absolute atomic E-state index is 6.29. The quantitative estimate of drug-likeness (QED) is 0.530. The number of halogens is 1. The number of benzene rings is 1. The molecule has 1 fully saturated rings.